The van der Waals surface area contributed by atoms with Crippen LogP contribution in [0.15, 0.2) is 0 Å². The first-order chi connectivity index (χ1) is 6.51. The molecule has 0 N–H and O–H groups in total. The zero-order valence-corrected chi connectivity index (χ0v) is 11.3. The van der Waals surface area contributed by atoms with E-state index in [1.54, 1.807) is 0 Å². The molecular weight excluding hydrogens is 236 g/mol. The molecule has 2 aliphatic rings. The van der Waals surface area contributed by atoms with Crippen molar-refractivity contribution in [3.63, 3.8) is 0 Å². The van der Waals surface area contributed by atoms with Crippen LogP contribution < -0.4 is 0 Å². The Balaban J connectivity index is 2.02. The maximum atomic E-state index is 3.93. The molecule has 0 bridgehead atoms. The smallest absolute Gasteiger partial charge is 0.0181 e. The van der Waals surface area contributed by atoms with E-state index < -0.39 is 0 Å². The van der Waals surface area contributed by atoms with Crippen molar-refractivity contribution in [1.82, 2.24) is 0 Å². The summed E-state index contributed by atoms with van der Waals surface area (Å²) < 4.78 is 0. The van der Waals surface area contributed by atoms with Crippen LogP contribution in [0.3, 0.4) is 0 Å². The van der Waals surface area contributed by atoms with Gasteiger partial charge in [0.1, 0.15) is 0 Å². The highest BCUT2D eigenvalue weighted by atomic mass is 79.9. The summed E-state index contributed by atoms with van der Waals surface area (Å²) in [4.78, 5) is 0.779. The molecule has 0 amide bonds. The summed E-state index contributed by atoms with van der Waals surface area (Å²) in [5, 5.41) is 0. The Morgan fingerprint density at radius 2 is 1.71 bits per heavy atom. The molecule has 0 aromatic heterocycles. The van der Waals surface area contributed by atoms with Crippen LogP contribution >= 0.6 is 15.9 Å². The van der Waals surface area contributed by atoms with Crippen molar-refractivity contribution < 1.29 is 0 Å². The molecule has 0 spiro atoms. The molecule has 3 unspecified atom stereocenters. The summed E-state index contributed by atoms with van der Waals surface area (Å²) in [5.74, 6) is 2.89. The first kappa shape index (κ1) is 11.0. The molecule has 0 saturated heterocycles. The number of rotatable bonds is 2. The lowest BCUT2D eigenvalue weighted by Crippen LogP contribution is -2.36. The van der Waals surface area contributed by atoms with E-state index in [1.807, 2.05) is 0 Å². The standard InChI is InChI=1S/C13H23Br/c1-9-4-7-11(12(14)8-9)13(2,3)10-5-6-10/h9-12H,4-8H2,1-3H3. The van der Waals surface area contributed by atoms with Gasteiger partial charge in [0.25, 0.3) is 0 Å². The average Bonchev–Trinajstić information content (AvgIpc) is 2.84. The van der Waals surface area contributed by atoms with E-state index in [0.717, 1.165) is 22.6 Å². The third-order valence-electron chi connectivity index (χ3n) is 4.62. The molecule has 82 valence electrons. The van der Waals surface area contributed by atoms with E-state index in [2.05, 4.69) is 36.7 Å². The first-order valence-corrected chi connectivity index (χ1v) is 7.07. The van der Waals surface area contributed by atoms with Gasteiger partial charge >= 0.3 is 0 Å². The second kappa shape index (κ2) is 3.81. The van der Waals surface area contributed by atoms with Gasteiger partial charge in [0, 0.05) is 4.83 Å². The molecule has 14 heavy (non-hydrogen) atoms. The lowest BCUT2D eigenvalue weighted by atomic mass is 9.66. The fraction of sp³-hybridized carbons (Fsp3) is 1.00. The van der Waals surface area contributed by atoms with Crippen LogP contribution in [-0.2, 0) is 0 Å². The van der Waals surface area contributed by atoms with Crippen molar-refractivity contribution >= 4 is 15.9 Å². The Morgan fingerprint density at radius 1 is 1.07 bits per heavy atom. The Labute approximate surface area is 97.0 Å². The van der Waals surface area contributed by atoms with E-state index in [1.165, 1.54) is 32.1 Å². The van der Waals surface area contributed by atoms with Gasteiger partial charge in [-0.2, -0.15) is 0 Å². The Morgan fingerprint density at radius 3 is 2.21 bits per heavy atom. The predicted octanol–water partition coefficient (Wildman–Crippen LogP) is 4.62. The Hall–Kier alpha value is 0.480. The predicted molar refractivity (Wildman–Crippen MR) is 65.7 cm³/mol. The normalized spacial score (nSPS) is 39.9. The largest absolute Gasteiger partial charge is 0.0887 e. The average molecular weight is 259 g/mol. The molecule has 0 radical (unpaired) electrons. The fourth-order valence-corrected chi connectivity index (χ4v) is 4.86. The Kier molecular flexibility index (Phi) is 2.99. The minimum absolute atomic E-state index is 0.592. The monoisotopic (exact) mass is 258 g/mol. The van der Waals surface area contributed by atoms with Crippen molar-refractivity contribution in [1.29, 1.82) is 0 Å². The topological polar surface area (TPSA) is 0 Å². The molecule has 0 aromatic carbocycles. The van der Waals surface area contributed by atoms with Crippen LogP contribution in [0.5, 0.6) is 0 Å². The van der Waals surface area contributed by atoms with Gasteiger partial charge < -0.3 is 0 Å². The molecule has 0 aromatic rings. The second-order valence-corrected chi connectivity index (χ2v) is 7.31. The maximum absolute atomic E-state index is 3.93. The van der Waals surface area contributed by atoms with Crippen LogP contribution in [0.1, 0.15) is 52.9 Å². The highest BCUT2D eigenvalue weighted by Gasteiger charge is 2.46. The van der Waals surface area contributed by atoms with Crippen LogP contribution in [-0.4, -0.2) is 4.83 Å². The fourth-order valence-electron chi connectivity index (χ4n) is 3.28. The van der Waals surface area contributed by atoms with Gasteiger partial charge in [0.05, 0.1) is 0 Å². The molecule has 2 rings (SSSR count). The summed E-state index contributed by atoms with van der Waals surface area (Å²) in [6, 6.07) is 0. The SMILES string of the molecule is CC1CCC(C(C)(C)C2CC2)C(Br)C1. The molecule has 2 saturated carbocycles. The number of hydrogen-bond acceptors (Lipinski definition) is 0. The second-order valence-electron chi connectivity index (χ2n) is 6.14. The van der Waals surface area contributed by atoms with Crippen LogP contribution in [0.4, 0.5) is 0 Å². The highest BCUT2D eigenvalue weighted by molar-refractivity contribution is 9.09. The van der Waals surface area contributed by atoms with Gasteiger partial charge in [-0.25, -0.2) is 0 Å². The number of halogens is 1. The Bertz CT molecular complexity index is 205. The van der Waals surface area contributed by atoms with Gasteiger partial charge in [-0.05, 0) is 48.9 Å². The molecule has 0 heterocycles. The summed E-state index contributed by atoms with van der Waals surface area (Å²) in [7, 11) is 0. The molecule has 0 aliphatic heterocycles. The van der Waals surface area contributed by atoms with Gasteiger partial charge in [-0.15, -0.1) is 0 Å². The van der Waals surface area contributed by atoms with E-state index in [4.69, 9.17) is 0 Å². The van der Waals surface area contributed by atoms with Crippen LogP contribution in [0, 0.1) is 23.2 Å². The first-order valence-electron chi connectivity index (χ1n) is 6.16. The van der Waals surface area contributed by atoms with Gasteiger partial charge in [-0.3, -0.25) is 0 Å². The highest BCUT2D eigenvalue weighted by Crippen LogP contribution is 2.54. The molecule has 1 heteroatoms. The molecule has 0 nitrogen and oxygen atoms in total. The van der Waals surface area contributed by atoms with Gasteiger partial charge in [-0.1, -0.05) is 43.1 Å². The van der Waals surface area contributed by atoms with Crippen molar-refractivity contribution in [2.75, 3.05) is 0 Å². The summed E-state index contributed by atoms with van der Waals surface area (Å²) in [6.07, 6.45) is 7.25. The van der Waals surface area contributed by atoms with Crippen molar-refractivity contribution in [3.8, 4) is 0 Å². The minimum Gasteiger partial charge on any atom is -0.0887 e. The van der Waals surface area contributed by atoms with Crippen LogP contribution in [0.25, 0.3) is 0 Å². The lowest BCUT2D eigenvalue weighted by molar-refractivity contribution is 0.123. The number of hydrogen-bond donors (Lipinski definition) is 0. The zero-order chi connectivity index (χ0) is 10.3. The van der Waals surface area contributed by atoms with Crippen molar-refractivity contribution in [2.24, 2.45) is 23.2 Å². The van der Waals surface area contributed by atoms with E-state index in [9.17, 15) is 0 Å². The maximum Gasteiger partial charge on any atom is 0.0181 e. The van der Waals surface area contributed by atoms with Crippen LogP contribution in [0.2, 0.25) is 0 Å². The molecule has 2 aliphatic carbocycles. The lowest BCUT2D eigenvalue weighted by Gasteiger charge is -2.42. The van der Waals surface area contributed by atoms with E-state index in [-0.39, 0.29) is 0 Å². The minimum atomic E-state index is 0.592. The number of alkyl halides is 1. The molecule has 2 fully saturated rings. The quantitative estimate of drug-likeness (QED) is 0.634. The molecule has 3 atom stereocenters. The van der Waals surface area contributed by atoms with Gasteiger partial charge in [0.2, 0.25) is 0 Å². The molecular formula is C13H23Br. The summed E-state index contributed by atoms with van der Waals surface area (Å²) in [6.45, 7) is 7.40. The van der Waals surface area contributed by atoms with E-state index >= 15 is 0 Å². The van der Waals surface area contributed by atoms with Gasteiger partial charge in [0.15, 0.2) is 0 Å². The van der Waals surface area contributed by atoms with Crippen molar-refractivity contribution in [2.45, 2.75) is 57.7 Å². The van der Waals surface area contributed by atoms with Crippen molar-refractivity contribution in [3.05, 3.63) is 0 Å². The van der Waals surface area contributed by atoms with E-state index in [0.29, 0.717) is 5.41 Å². The third kappa shape index (κ3) is 2.03. The third-order valence-corrected chi connectivity index (χ3v) is 5.63. The zero-order valence-electron chi connectivity index (χ0n) is 9.72. The summed E-state index contributed by atoms with van der Waals surface area (Å²) >= 11 is 3.93. The summed E-state index contributed by atoms with van der Waals surface area (Å²) in [5.41, 5.74) is 0.592.